The van der Waals surface area contributed by atoms with E-state index in [-0.39, 0.29) is 6.04 Å². The molecule has 2 rings (SSSR count). The first-order valence-corrected chi connectivity index (χ1v) is 8.57. The van der Waals surface area contributed by atoms with Crippen molar-refractivity contribution in [2.24, 2.45) is 0 Å². The first-order chi connectivity index (χ1) is 9.94. The number of rotatable bonds is 5. The minimum absolute atomic E-state index is 0.0758. The molecule has 1 fully saturated rings. The highest BCUT2D eigenvalue weighted by Crippen LogP contribution is 2.27. The zero-order chi connectivity index (χ0) is 15.5. The SMILES string of the molecule is COc1ccc(NS(=O)(=O)N(C)C2CCCCC2)cc1N. The van der Waals surface area contributed by atoms with Gasteiger partial charge in [-0.3, -0.25) is 4.72 Å². The Balaban J connectivity index is 2.11. The number of hydrogen-bond acceptors (Lipinski definition) is 4. The number of hydrogen-bond donors (Lipinski definition) is 2. The van der Waals surface area contributed by atoms with Gasteiger partial charge in [0.05, 0.1) is 18.5 Å². The van der Waals surface area contributed by atoms with Gasteiger partial charge in [-0.25, -0.2) is 0 Å². The largest absolute Gasteiger partial charge is 0.495 e. The average molecular weight is 313 g/mol. The van der Waals surface area contributed by atoms with E-state index in [9.17, 15) is 8.42 Å². The number of benzene rings is 1. The molecule has 0 heterocycles. The van der Waals surface area contributed by atoms with E-state index in [4.69, 9.17) is 10.5 Å². The molecule has 7 heteroatoms. The van der Waals surface area contributed by atoms with Crippen molar-refractivity contribution in [1.82, 2.24) is 4.31 Å². The predicted molar refractivity (Wildman–Crippen MR) is 84.6 cm³/mol. The predicted octanol–water partition coefficient (Wildman–Crippen LogP) is 2.20. The Morgan fingerprint density at radius 1 is 1.29 bits per heavy atom. The maximum absolute atomic E-state index is 12.4. The molecule has 0 saturated heterocycles. The van der Waals surface area contributed by atoms with E-state index in [1.807, 2.05) is 0 Å². The van der Waals surface area contributed by atoms with Crippen LogP contribution in [0.4, 0.5) is 11.4 Å². The van der Waals surface area contributed by atoms with Crippen molar-refractivity contribution in [3.63, 3.8) is 0 Å². The van der Waals surface area contributed by atoms with Gasteiger partial charge in [0.15, 0.2) is 0 Å². The standard InChI is InChI=1S/C14H23N3O3S/c1-17(12-6-4-3-5-7-12)21(18,19)16-11-8-9-14(20-2)13(15)10-11/h8-10,12,16H,3-7,15H2,1-2H3. The molecule has 6 nitrogen and oxygen atoms in total. The molecule has 1 saturated carbocycles. The van der Waals surface area contributed by atoms with Gasteiger partial charge in [0, 0.05) is 13.1 Å². The Morgan fingerprint density at radius 3 is 2.52 bits per heavy atom. The highest BCUT2D eigenvalue weighted by atomic mass is 32.2. The van der Waals surface area contributed by atoms with E-state index in [1.54, 1.807) is 25.2 Å². The summed E-state index contributed by atoms with van der Waals surface area (Å²) in [5.41, 5.74) is 6.64. The number of nitrogen functional groups attached to an aromatic ring is 1. The molecule has 1 aliphatic carbocycles. The quantitative estimate of drug-likeness (QED) is 0.816. The van der Waals surface area contributed by atoms with Crippen LogP contribution in [-0.2, 0) is 10.2 Å². The minimum Gasteiger partial charge on any atom is -0.495 e. The monoisotopic (exact) mass is 313 g/mol. The van der Waals surface area contributed by atoms with Gasteiger partial charge in [0.25, 0.3) is 0 Å². The van der Waals surface area contributed by atoms with Gasteiger partial charge in [-0.05, 0) is 31.0 Å². The highest BCUT2D eigenvalue weighted by molar-refractivity contribution is 7.90. The van der Waals surface area contributed by atoms with Crippen LogP contribution < -0.4 is 15.2 Å². The van der Waals surface area contributed by atoms with E-state index < -0.39 is 10.2 Å². The summed E-state index contributed by atoms with van der Waals surface area (Å²) in [6, 6.07) is 4.92. The number of nitrogens with zero attached hydrogens (tertiary/aromatic N) is 1. The van der Waals surface area contributed by atoms with Gasteiger partial charge in [0.1, 0.15) is 5.75 Å². The Kier molecular flexibility index (Phi) is 4.95. The summed E-state index contributed by atoms with van der Waals surface area (Å²) < 4.78 is 33.9. The van der Waals surface area contributed by atoms with Gasteiger partial charge in [-0.1, -0.05) is 19.3 Å². The lowest BCUT2D eigenvalue weighted by Gasteiger charge is -2.30. The second-order valence-corrected chi connectivity index (χ2v) is 7.10. The van der Waals surface area contributed by atoms with Crippen LogP contribution in [0.15, 0.2) is 18.2 Å². The fourth-order valence-corrected chi connectivity index (χ4v) is 3.83. The van der Waals surface area contributed by atoms with Gasteiger partial charge in [-0.2, -0.15) is 12.7 Å². The van der Waals surface area contributed by atoms with Crippen LogP contribution in [0, 0.1) is 0 Å². The Morgan fingerprint density at radius 2 is 1.95 bits per heavy atom. The topological polar surface area (TPSA) is 84.7 Å². The summed E-state index contributed by atoms with van der Waals surface area (Å²) >= 11 is 0. The van der Waals surface area contributed by atoms with Crippen molar-refractivity contribution in [3.05, 3.63) is 18.2 Å². The molecular formula is C14H23N3O3S. The fraction of sp³-hybridized carbons (Fsp3) is 0.571. The first kappa shape index (κ1) is 15.9. The number of nitrogens with one attached hydrogen (secondary N) is 1. The lowest BCUT2D eigenvalue weighted by molar-refractivity contribution is 0.287. The smallest absolute Gasteiger partial charge is 0.301 e. The second kappa shape index (κ2) is 6.53. The lowest BCUT2D eigenvalue weighted by Crippen LogP contribution is -2.41. The number of anilines is 2. The van der Waals surface area contributed by atoms with Crippen molar-refractivity contribution in [2.45, 2.75) is 38.1 Å². The molecule has 118 valence electrons. The molecule has 0 spiro atoms. The van der Waals surface area contributed by atoms with Gasteiger partial charge in [0.2, 0.25) is 0 Å². The van der Waals surface area contributed by atoms with Gasteiger partial charge < -0.3 is 10.5 Å². The molecule has 3 N–H and O–H groups in total. The molecule has 0 aromatic heterocycles. The van der Waals surface area contributed by atoms with E-state index in [1.165, 1.54) is 17.8 Å². The maximum Gasteiger partial charge on any atom is 0.301 e. The normalized spacial score (nSPS) is 16.9. The molecule has 1 aromatic carbocycles. The number of nitrogens with two attached hydrogens (primary N) is 1. The second-order valence-electron chi connectivity index (χ2n) is 5.37. The Bertz CT molecular complexity index is 583. The minimum atomic E-state index is -3.56. The van der Waals surface area contributed by atoms with E-state index in [0.717, 1.165) is 25.7 Å². The number of methoxy groups -OCH3 is 1. The molecule has 1 aliphatic rings. The number of ether oxygens (including phenoxy) is 1. The summed E-state index contributed by atoms with van der Waals surface area (Å²) in [6.45, 7) is 0. The van der Waals surface area contributed by atoms with Crippen LogP contribution in [-0.4, -0.2) is 32.9 Å². The van der Waals surface area contributed by atoms with Crippen molar-refractivity contribution in [1.29, 1.82) is 0 Å². The zero-order valence-electron chi connectivity index (χ0n) is 12.5. The third-order valence-corrected chi connectivity index (χ3v) is 5.49. The summed E-state index contributed by atoms with van der Waals surface area (Å²) in [5.74, 6) is 0.526. The summed E-state index contributed by atoms with van der Waals surface area (Å²) in [7, 11) is -0.412. The Hall–Kier alpha value is -1.47. The van der Waals surface area contributed by atoms with Crippen LogP contribution >= 0.6 is 0 Å². The molecule has 1 aromatic rings. The van der Waals surface area contributed by atoms with E-state index >= 15 is 0 Å². The molecule has 0 atom stereocenters. The first-order valence-electron chi connectivity index (χ1n) is 7.13. The molecule has 21 heavy (non-hydrogen) atoms. The van der Waals surface area contributed by atoms with Crippen LogP contribution in [0.5, 0.6) is 5.75 Å². The van der Waals surface area contributed by atoms with Crippen LogP contribution in [0.2, 0.25) is 0 Å². The molecule has 0 radical (unpaired) electrons. The molecule has 0 aliphatic heterocycles. The lowest BCUT2D eigenvalue weighted by atomic mass is 9.96. The average Bonchev–Trinajstić information content (AvgIpc) is 2.47. The summed E-state index contributed by atoms with van der Waals surface area (Å²) in [5, 5.41) is 0. The van der Waals surface area contributed by atoms with E-state index in [2.05, 4.69) is 4.72 Å². The third-order valence-electron chi connectivity index (χ3n) is 3.94. The molecule has 0 unspecified atom stereocenters. The van der Waals surface area contributed by atoms with Crippen LogP contribution in [0.3, 0.4) is 0 Å². The highest BCUT2D eigenvalue weighted by Gasteiger charge is 2.27. The molecular weight excluding hydrogens is 290 g/mol. The van der Waals surface area contributed by atoms with Crippen molar-refractivity contribution < 1.29 is 13.2 Å². The zero-order valence-corrected chi connectivity index (χ0v) is 13.3. The summed E-state index contributed by atoms with van der Waals surface area (Å²) in [6.07, 6.45) is 5.19. The summed E-state index contributed by atoms with van der Waals surface area (Å²) in [4.78, 5) is 0. The van der Waals surface area contributed by atoms with Crippen molar-refractivity contribution >= 4 is 21.6 Å². The third kappa shape index (κ3) is 3.79. The van der Waals surface area contributed by atoms with Gasteiger partial charge >= 0.3 is 10.2 Å². The Labute approximate surface area is 126 Å². The fourth-order valence-electron chi connectivity index (χ4n) is 2.66. The van der Waals surface area contributed by atoms with Crippen LogP contribution in [0.1, 0.15) is 32.1 Å². The molecule has 0 amide bonds. The van der Waals surface area contributed by atoms with E-state index in [0.29, 0.717) is 17.1 Å². The molecule has 0 bridgehead atoms. The van der Waals surface area contributed by atoms with Gasteiger partial charge in [-0.15, -0.1) is 0 Å². The maximum atomic E-state index is 12.4. The van der Waals surface area contributed by atoms with Crippen LogP contribution in [0.25, 0.3) is 0 Å². The van der Waals surface area contributed by atoms with Crippen molar-refractivity contribution in [2.75, 3.05) is 24.6 Å². The van der Waals surface area contributed by atoms with Crippen molar-refractivity contribution in [3.8, 4) is 5.75 Å².